The number of rotatable bonds is 6. The van der Waals surface area contributed by atoms with Crippen molar-refractivity contribution < 1.29 is 4.79 Å². The van der Waals surface area contributed by atoms with Crippen molar-refractivity contribution in [2.75, 3.05) is 13.1 Å². The molecule has 29 heavy (non-hydrogen) atoms. The van der Waals surface area contributed by atoms with Crippen molar-refractivity contribution in [3.05, 3.63) is 88.7 Å². The van der Waals surface area contributed by atoms with Crippen molar-refractivity contribution in [1.82, 2.24) is 20.0 Å². The molecule has 150 valence electrons. The quantitative estimate of drug-likeness (QED) is 0.671. The number of benzene rings is 2. The highest BCUT2D eigenvalue weighted by atomic mass is 35.5. The molecule has 3 aromatic rings. The summed E-state index contributed by atoms with van der Waals surface area (Å²) in [4.78, 5) is 15.0. The first-order chi connectivity index (χ1) is 14.2. The molecule has 1 fully saturated rings. The Morgan fingerprint density at radius 3 is 2.41 bits per heavy atom. The van der Waals surface area contributed by atoms with Crippen LogP contribution in [0.3, 0.4) is 0 Å². The number of carbonyl (C=O) groups excluding carboxylic acids is 1. The van der Waals surface area contributed by atoms with Gasteiger partial charge in [0.1, 0.15) is 0 Å². The van der Waals surface area contributed by atoms with E-state index in [2.05, 4.69) is 39.6 Å². The molecule has 0 radical (unpaired) electrons. The predicted molar refractivity (Wildman–Crippen MR) is 115 cm³/mol. The molecule has 1 saturated heterocycles. The second-order valence-corrected chi connectivity index (χ2v) is 8.00. The average Bonchev–Trinajstić information content (AvgIpc) is 3.21. The molecular formula is C23H25ClN4O. The fraction of sp³-hybridized carbons (Fsp3) is 0.304. The summed E-state index contributed by atoms with van der Waals surface area (Å²) in [7, 11) is 0. The first-order valence-corrected chi connectivity index (χ1v) is 10.4. The Kier molecular flexibility index (Phi) is 6.27. The number of aromatic nitrogens is 2. The molecular weight excluding hydrogens is 384 g/mol. The molecule has 1 aromatic heterocycles. The summed E-state index contributed by atoms with van der Waals surface area (Å²) in [5.41, 5.74) is 3.04. The number of halogens is 1. The van der Waals surface area contributed by atoms with Crippen LogP contribution in [0.2, 0.25) is 5.02 Å². The van der Waals surface area contributed by atoms with Gasteiger partial charge in [-0.15, -0.1) is 0 Å². The molecule has 0 spiro atoms. The Morgan fingerprint density at radius 2 is 1.69 bits per heavy atom. The van der Waals surface area contributed by atoms with E-state index in [0.717, 1.165) is 43.1 Å². The molecule has 1 aliphatic rings. The number of nitrogens with one attached hydrogen (secondary N) is 1. The van der Waals surface area contributed by atoms with E-state index in [1.165, 1.54) is 5.56 Å². The Morgan fingerprint density at radius 1 is 1.00 bits per heavy atom. The standard InChI is InChI=1S/C23H25ClN4O/c24-21-8-6-19(7-9-21)15-27-12-10-22(11-13-27)26-23(29)20-14-25-28(17-20)16-18-4-2-1-3-5-18/h1-9,14,17,22H,10-13,15-16H2,(H,26,29). The molecule has 1 N–H and O–H groups in total. The number of piperidine rings is 1. The first kappa shape index (κ1) is 19.7. The molecule has 0 bridgehead atoms. The van der Waals surface area contributed by atoms with E-state index >= 15 is 0 Å². The Bertz CT molecular complexity index is 931. The summed E-state index contributed by atoms with van der Waals surface area (Å²) < 4.78 is 1.80. The molecule has 0 unspecified atom stereocenters. The maximum atomic E-state index is 12.6. The van der Waals surface area contributed by atoms with E-state index in [0.29, 0.717) is 12.1 Å². The minimum absolute atomic E-state index is 0.0412. The lowest BCUT2D eigenvalue weighted by Gasteiger charge is -2.32. The van der Waals surface area contributed by atoms with E-state index in [1.807, 2.05) is 36.5 Å². The van der Waals surface area contributed by atoms with E-state index < -0.39 is 0 Å². The van der Waals surface area contributed by atoms with Crippen molar-refractivity contribution >= 4 is 17.5 Å². The van der Waals surface area contributed by atoms with Crippen molar-refractivity contribution in [1.29, 1.82) is 0 Å². The zero-order valence-electron chi connectivity index (χ0n) is 16.3. The summed E-state index contributed by atoms with van der Waals surface area (Å²) >= 11 is 5.95. The zero-order chi connectivity index (χ0) is 20.1. The van der Waals surface area contributed by atoms with Crippen LogP contribution in [0.1, 0.15) is 34.3 Å². The number of nitrogens with zero attached hydrogens (tertiary/aromatic N) is 3. The number of likely N-dealkylation sites (tertiary alicyclic amines) is 1. The van der Waals surface area contributed by atoms with Gasteiger partial charge in [-0.25, -0.2) is 0 Å². The van der Waals surface area contributed by atoms with Crippen molar-refractivity contribution in [2.24, 2.45) is 0 Å². The van der Waals surface area contributed by atoms with E-state index in [-0.39, 0.29) is 11.9 Å². The largest absolute Gasteiger partial charge is 0.349 e. The van der Waals surface area contributed by atoms with E-state index in [1.54, 1.807) is 10.9 Å². The Labute approximate surface area is 176 Å². The topological polar surface area (TPSA) is 50.2 Å². The van der Waals surface area contributed by atoms with Gasteiger partial charge in [-0.2, -0.15) is 5.10 Å². The summed E-state index contributed by atoms with van der Waals surface area (Å²) in [5, 5.41) is 8.26. The molecule has 0 atom stereocenters. The van der Waals surface area contributed by atoms with Crippen LogP contribution in [0, 0.1) is 0 Å². The number of carbonyl (C=O) groups is 1. The van der Waals surface area contributed by atoms with Crippen molar-refractivity contribution in [2.45, 2.75) is 32.0 Å². The van der Waals surface area contributed by atoms with Gasteiger partial charge in [0.15, 0.2) is 0 Å². The number of hydrogen-bond acceptors (Lipinski definition) is 3. The fourth-order valence-corrected chi connectivity index (χ4v) is 3.82. The van der Waals surface area contributed by atoms with Crippen LogP contribution in [0.5, 0.6) is 0 Å². The predicted octanol–water partition coefficient (Wildman–Crippen LogP) is 3.98. The van der Waals surface area contributed by atoms with Gasteiger partial charge < -0.3 is 5.32 Å². The van der Waals surface area contributed by atoms with Gasteiger partial charge in [0.05, 0.1) is 18.3 Å². The molecule has 4 rings (SSSR count). The first-order valence-electron chi connectivity index (χ1n) is 10.00. The molecule has 5 nitrogen and oxygen atoms in total. The highest BCUT2D eigenvalue weighted by molar-refractivity contribution is 6.30. The van der Waals surface area contributed by atoms with Crippen LogP contribution in [0.4, 0.5) is 0 Å². The van der Waals surface area contributed by atoms with Crippen molar-refractivity contribution in [3.8, 4) is 0 Å². The van der Waals surface area contributed by atoms with Gasteiger partial charge in [-0.05, 0) is 36.1 Å². The van der Waals surface area contributed by atoms with Crippen LogP contribution in [0.25, 0.3) is 0 Å². The smallest absolute Gasteiger partial charge is 0.254 e. The van der Waals surface area contributed by atoms with Gasteiger partial charge in [0.2, 0.25) is 0 Å². The van der Waals surface area contributed by atoms with E-state index in [9.17, 15) is 4.79 Å². The third-order valence-corrected chi connectivity index (χ3v) is 5.58. The molecule has 6 heteroatoms. The third-order valence-electron chi connectivity index (χ3n) is 5.33. The molecule has 1 amide bonds. The summed E-state index contributed by atoms with van der Waals surface area (Å²) in [6.07, 6.45) is 5.38. The monoisotopic (exact) mass is 408 g/mol. The van der Waals surface area contributed by atoms with Gasteiger partial charge in [0.25, 0.3) is 5.91 Å². The molecule has 0 aliphatic carbocycles. The molecule has 2 aromatic carbocycles. The van der Waals surface area contributed by atoms with Gasteiger partial charge in [-0.1, -0.05) is 54.1 Å². The van der Waals surface area contributed by atoms with Crippen LogP contribution in [0.15, 0.2) is 67.0 Å². The highest BCUT2D eigenvalue weighted by Gasteiger charge is 2.21. The lowest BCUT2D eigenvalue weighted by Crippen LogP contribution is -2.44. The highest BCUT2D eigenvalue weighted by Crippen LogP contribution is 2.16. The Hall–Kier alpha value is -2.63. The maximum Gasteiger partial charge on any atom is 0.254 e. The summed E-state index contributed by atoms with van der Waals surface area (Å²) in [6, 6.07) is 18.3. The average molecular weight is 409 g/mol. The summed E-state index contributed by atoms with van der Waals surface area (Å²) in [5.74, 6) is -0.0412. The van der Waals surface area contributed by atoms with Gasteiger partial charge >= 0.3 is 0 Å². The SMILES string of the molecule is O=C(NC1CCN(Cc2ccc(Cl)cc2)CC1)c1cnn(Cc2ccccc2)c1. The normalized spacial score (nSPS) is 15.3. The lowest BCUT2D eigenvalue weighted by atomic mass is 10.0. The zero-order valence-corrected chi connectivity index (χ0v) is 17.1. The molecule has 0 saturated carbocycles. The molecule has 2 heterocycles. The third kappa shape index (κ3) is 5.46. The van der Waals surface area contributed by atoms with Crippen LogP contribution in [-0.4, -0.2) is 39.7 Å². The minimum Gasteiger partial charge on any atom is -0.349 e. The summed E-state index contributed by atoms with van der Waals surface area (Å²) in [6.45, 7) is 3.53. The number of amides is 1. The second-order valence-electron chi connectivity index (χ2n) is 7.56. The Balaban J connectivity index is 1.25. The lowest BCUT2D eigenvalue weighted by molar-refractivity contribution is 0.0909. The molecule has 1 aliphatic heterocycles. The van der Waals surface area contributed by atoms with Gasteiger partial charge in [-0.3, -0.25) is 14.4 Å². The number of hydrogen-bond donors (Lipinski definition) is 1. The van der Waals surface area contributed by atoms with Crippen LogP contribution >= 0.6 is 11.6 Å². The fourth-order valence-electron chi connectivity index (χ4n) is 3.69. The van der Waals surface area contributed by atoms with Gasteiger partial charge in [0, 0.05) is 36.9 Å². The second kappa shape index (κ2) is 9.25. The van der Waals surface area contributed by atoms with Crippen molar-refractivity contribution in [3.63, 3.8) is 0 Å². The maximum absolute atomic E-state index is 12.6. The minimum atomic E-state index is -0.0412. The van der Waals surface area contributed by atoms with Crippen LogP contribution < -0.4 is 5.32 Å². The van der Waals surface area contributed by atoms with Crippen LogP contribution in [-0.2, 0) is 13.1 Å². The van der Waals surface area contributed by atoms with E-state index in [4.69, 9.17) is 11.6 Å².